The number of anilines is 1. The van der Waals surface area contributed by atoms with Crippen LogP contribution in [0, 0.1) is 0 Å². The first-order valence-corrected chi connectivity index (χ1v) is 12.2. The van der Waals surface area contributed by atoms with Gasteiger partial charge in [-0.15, -0.1) is 0 Å². The van der Waals surface area contributed by atoms with E-state index in [1.807, 2.05) is 0 Å². The van der Waals surface area contributed by atoms with Crippen molar-refractivity contribution in [1.82, 2.24) is 5.32 Å². The van der Waals surface area contributed by atoms with E-state index in [1.165, 1.54) is 15.4 Å². The van der Waals surface area contributed by atoms with Gasteiger partial charge in [-0.2, -0.15) is 0 Å². The van der Waals surface area contributed by atoms with Crippen molar-refractivity contribution >= 4 is 21.6 Å². The molecule has 0 saturated carbocycles. The van der Waals surface area contributed by atoms with Crippen molar-refractivity contribution in [1.29, 1.82) is 0 Å². The minimum Gasteiger partial charge on any atom is -0.478 e. The maximum absolute atomic E-state index is 12.6. The Morgan fingerprint density at radius 3 is 2.53 bits per heavy atom. The van der Waals surface area contributed by atoms with E-state index in [0.29, 0.717) is 30.3 Å². The fraction of sp³-hybridized carbons (Fsp3) is 0.435. The summed E-state index contributed by atoms with van der Waals surface area (Å²) in [5, 5.41) is 2.93. The summed E-state index contributed by atoms with van der Waals surface area (Å²) in [5.74, 6) is 0.711. The molecular formula is C23H30N2O4S. The number of para-hydroxylation sites is 2. The predicted molar refractivity (Wildman–Crippen MR) is 120 cm³/mol. The Bertz CT molecular complexity index is 971. The van der Waals surface area contributed by atoms with E-state index in [2.05, 4.69) is 43.4 Å². The number of rotatable bonds is 7. The van der Waals surface area contributed by atoms with Gasteiger partial charge in [-0.05, 0) is 42.0 Å². The average molecular weight is 431 g/mol. The summed E-state index contributed by atoms with van der Waals surface area (Å²) in [6.45, 7) is 5.10. The Kier molecular flexibility index (Phi) is 7.02. The van der Waals surface area contributed by atoms with Crippen LogP contribution in [0.5, 0.6) is 5.75 Å². The number of benzene rings is 2. The van der Waals surface area contributed by atoms with Crippen LogP contribution in [0.4, 0.5) is 5.69 Å². The molecule has 162 valence electrons. The molecule has 30 heavy (non-hydrogen) atoms. The van der Waals surface area contributed by atoms with E-state index < -0.39 is 16.1 Å². The van der Waals surface area contributed by atoms with Crippen LogP contribution < -0.4 is 14.4 Å². The normalized spacial score (nSPS) is 16.5. The fourth-order valence-corrected chi connectivity index (χ4v) is 4.49. The second-order valence-corrected chi connectivity index (χ2v) is 9.90. The molecule has 7 heteroatoms. The molecule has 1 atom stereocenters. The molecule has 0 fully saturated rings. The monoisotopic (exact) mass is 430 g/mol. The number of amides is 1. The maximum atomic E-state index is 12.6. The smallest absolute Gasteiger partial charge is 0.261 e. The van der Waals surface area contributed by atoms with Crippen molar-refractivity contribution in [3.63, 3.8) is 0 Å². The lowest BCUT2D eigenvalue weighted by atomic mass is 10.0. The number of hydrogen-bond donors (Lipinski definition) is 1. The highest BCUT2D eigenvalue weighted by Crippen LogP contribution is 2.33. The van der Waals surface area contributed by atoms with Gasteiger partial charge in [0.1, 0.15) is 5.75 Å². The van der Waals surface area contributed by atoms with E-state index in [0.717, 1.165) is 19.1 Å². The lowest BCUT2D eigenvalue weighted by Crippen LogP contribution is -2.40. The van der Waals surface area contributed by atoms with Crippen LogP contribution in [-0.2, 0) is 21.2 Å². The zero-order valence-electron chi connectivity index (χ0n) is 17.8. The first-order valence-electron chi connectivity index (χ1n) is 10.4. The van der Waals surface area contributed by atoms with Gasteiger partial charge in [-0.25, -0.2) is 8.42 Å². The number of carbonyl (C=O) groups excluding carboxylic acids is 1. The molecule has 1 N–H and O–H groups in total. The van der Waals surface area contributed by atoms with E-state index in [4.69, 9.17) is 4.74 Å². The predicted octanol–water partition coefficient (Wildman–Crippen LogP) is 3.48. The molecule has 0 spiro atoms. The van der Waals surface area contributed by atoms with Gasteiger partial charge < -0.3 is 10.1 Å². The second-order valence-electron chi connectivity index (χ2n) is 7.99. The molecule has 1 heterocycles. The number of carbonyl (C=O) groups is 1. The van der Waals surface area contributed by atoms with Crippen molar-refractivity contribution in [2.45, 2.75) is 45.1 Å². The Balaban J connectivity index is 1.55. The molecule has 0 radical (unpaired) electrons. The molecule has 6 nitrogen and oxygen atoms in total. The minimum atomic E-state index is -3.45. The molecule has 0 saturated heterocycles. The third-order valence-corrected chi connectivity index (χ3v) is 6.46. The van der Waals surface area contributed by atoms with E-state index in [1.54, 1.807) is 24.3 Å². The highest BCUT2D eigenvalue weighted by molar-refractivity contribution is 7.92. The number of hydrogen-bond acceptors (Lipinski definition) is 4. The van der Waals surface area contributed by atoms with Gasteiger partial charge in [0, 0.05) is 19.5 Å². The number of fused-ring (bicyclic) bond motifs is 1. The molecule has 0 aromatic heterocycles. The van der Waals surface area contributed by atoms with Crippen molar-refractivity contribution in [3.8, 4) is 5.75 Å². The van der Waals surface area contributed by atoms with Gasteiger partial charge in [0.15, 0.2) is 6.10 Å². The summed E-state index contributed by atoms with van der Waals surface area (Å²) in [6, 6.07) is 15.5. The number of sulfonamides is 1. The third kappa shape index (κ3) is 5.53. The lowest BCUT2D eigenvalue weighted by Gasteiger charge is -2.20. The van der Waals surface area contributed by atoms with Gasteiger partial charge in [-0.1, -0.05) is 50.2 Å². The molecule has 0 unspecified atom stereocenters. The summed E-state index contributed by atoms with van der Waals surface area (Å²) in [6.07, 6.45) is 2.45. The zero-order valence-corrected chi connectivity index (χ0v) is 18.6. The van der Waals surface area contributed by atoms with Gasteiger partial charge in [0.25, 0.3) is 5.91 Å². The standard InChI is InChI=1S/C23H30N2O4S/c1-17(2)19-12-10-18(11-13-19)7-6-15-24-23(26)22-14-16-25(30(3,27)28)20-8-4-5-9-21(20)29-22/h4-5,8-13,17,22H,6-7,14-16H2,1-3H3,(H,24,26)/t22-/m1/s1. The van der Waals surface area contributed by atoms with Crippen LogP contribution in [-0.4, -0.2) is 39.8 Å². The molecule has 1 aliphatic heterocycles. The van der Waals surface area contributed by atoms with Gasteiger partial charge in [0.2, 0.25) is 10.0 Å². The summed E-state index contributed by atoms with van der Waals surface area (Å²) < 4.78 is 31.5. The minimum absolute atomic E-state index is 0.204. The van der Waals surface area contributed by atoms with Crippen LogP contribution in [0.15, 0.2) is 48.5 Å². The molecule has 0 aliphatic carbocycles. The summed E-state index contributed by atoms with van der Waals surface area (Å²) >= 11 is 0. The van der Waals surface area contributed by atoms with Crippen LogP contribution in [0.3, 0.4) is 0 Å². The summed E-state index contributed by atoms with van der Waals surface area (Å²) in [7, 11) is -3.45. The van der Waals surface area contributed by atoms with Crippen molar-refractivity contribution < 1.29 is 17.9 Å². The highest BCUT2D eigenvalue weighted by atomic mass is 32.2. The Hall–Kier alpha value is -2.54. The second kappa shape index (κ2) is 9.51. The van der Waals surface area contributed by atoms with Gasteiger partial charge >= 0.3 is 0 Å². The van der Waals surface area contributed by atoms with E-state index >= 15 is 0 Å². The largest absolute Gasteiger partial charge is 0.478 e. The first-order chi connectivity index (χ1) is 14.3. The zero-order chi connectivity index (χ0) is 21.7. The quantitative estimate of drug-likeness (QED) is 0.683. The SMILES string of the molecule is CC(C)c1ccc(CCCNC(=O)[C@H]2CCN(S(C)(=O)=O)c3ccccc3O2)cc1. The van der Waals surface area contributed by atoms with Crippen LogP contribution >= 0.6 is 0 Å². The Labute approximate surface area is 179 Å². The molecule has 2 aromatic rings. The van der Waals surface area contributed by atoms with E-state index in [9.17, 15) is 13.2 Å². The van der Waals surface area contributed by atoms with Crippen molar-refractivity contribution in [2.24, 2.45) is 0 Å². The number of ether oxygens (including phenoxy) is 1. The third-order valence-electron chi connectivity index (χ3n) is 5.28. The molecule has 2 aromatic carbocycles. The van der Waals surface area contributed by atoms with Gasteiger partial charge in [0.05, 0.1) is 11.9 Å². The van der Waals surface area contributed by atoms with Crippen LogP contribution in [0.2, 0.25) is 0 Å². The average Bonchev–Trinajstić information content (AvgIpc) is 2.91. The lowest BCUT2D eigenvalue weighted by molar-refractivity contribution is -0.128. The first kappa shape index (κ1) is 22.2. The maximum Gasteiger partial charge on any atom is 0.261 e. The summed E-state index contributed by atoms with van der Waals surface area (Å²) in [5.41, 5.74) is 3.04. The number of aryl methyl sites for hydroxylation is 1. The summed E-state index contributed by atoms with van der Waals surface area (Å²) in [4.78, 5) is 12.6. The van der Waals surface area contributed by atoms with Gasteiger partial charge in [-0.3, -0.25) is 9.10 Å². The fourth-order valence-electron chi connectivity index (χ4n) is 3.55. The molecule has 1 aliphatic rings. The molecule has 0 bridgehead atoms. The molecule has 3 rings (SSSR count). The van der Waals surface area contributed by atoms with E-state index in [-0.39, 0.29) is 12.5 Å². The Morgan fingerprint density at radius 1 is 1.17 bits per heavy atom. The topological polar surface area (TPSA) is 75.7 Å². The number of nitrogens with zero attached hydrogens (tertiary/aromatic N) is 1. The van der Waals surface area contributed by atoms with Crippen LogP contribution in [0.25, 0.3) is 0 Å². The Morgan fingerprint density at radius 2 is 1.87 bits per heavy atom. The van der Waals surface area contributed by atoms with Crippen LogP contribution in [0.1, 0.15) is 43.7 Å². The highest BCUT2D eigenvalue weighted by Gasteiger charge is 2.30. The molecular weight excluding hydrogens is 400 g/mol. The molecule has 1 amide bonds. The van der Waals surface area contributed by atoms with Crippen molar-refractivity contribution in [2.75, 3.05) is 23.7 Å². The van der Waals surface area contributed by atoms with Crippen molar-refractivity contribution in [3.05, 3.63) is 59.7 Å². The number of nitrogens with one attached hydrogen (secondary N) is 1.